The predicted octanol–water partition coefficient (Wildman–Crippen LogP) is 4.73. The second-order valence-electron chi connectivity index (χ2n) is 5.84. The second kappa shape index (κ2) is 3.81. The van der Waals surface area contributed by atoms with Gasteiger partial charge in [-0.05, 0) is 56.3 Å². The molecule has 2 rings (SSSR count). The van der Waals surface area contributed by atoms with Crippen LogP contribution in [0.3, 0.4) is 0 Å². The molecular weight excluding hydrogens is 180 g/mol. The minimum Gasteiger partial charge on any atom is -0.0999 e. The molecule has 0 bridgehead atoms. The highest BCUT2D eigenvalue weighted by Crippen LogP contribution is 2.57. The topological polar surface area (TPSA) is 0 Å². The van der Waals surface area contributed by atoms with E-state index in [0.717, 1.165) is 11.8 Å². The van der Waals surface area contributed by atoms with Crippen molar-refractivity contribution in [1.29, 1.82) is 0 Å². The third kappa shape index (κ3) is 1.68. The number of rotatable bonds is 1. The lowest BCUT2D eigenvalue weighted by Gasteiger charge is -2.44. The lowest BCUT2D eigenvalue weighted by Crippen LogP contribution is -2.33. The third-order valence-electron chi connectivity index (χ3n) is 5.01. The molecule has 2 fully saturated rings. The van der Waals surface area contributed by atoms with Gasteiger partial charge in [-0.2, -0.15) is 0 Å². The Morgan fingerprint density at radius 2 is 2.13 bits per heavy atom. The van der Waals surface area contributed by atoms with Crippen molar-refractivity contribution in [2.45, 2.75) is 52.4 Å². The molecule has 0 heteroatoms. The Bertz CT molecular complexity index is 286. The number of hydrogen-bond donors (Lipinski definition) is 0. The van der Waals surface area contributed by atoms with Crippen LogP contribution in [0.15, 0.2) is 24.3 Å². The quantitative estimate of drug-likeness (QED) is 0.542. The van der Waals surface area contributed by atoms with Crippen LogP contribution in [0.1, 0.15) is 52.4 Å². The Hall–Kier alpha value is -0.520. The molecule has 84 valence electrons. The van der Waals surface area contributed by atoms with E-state index in [1.54, 1.807) is 5.57 Å². The summed E-state index contributed by atoms with van der Waals surface area (Å²) < 4.78 is 0. The van der Waals surface area contributed by atoms with Crippen molar-refractivity contribution in [2.24, 2.45) is 17.3 Å². The first-order valence-electron chi connectivity index (χ1n) is 6.40. The summed E-state index contributed by atoms with van der Waals surface area (Å²) in [6.07, 6.45) is 8.06. The van der Waals surface area contributed by atoms with Crippen LogP contribution in [0, 0.1) is 17.3 Å². The van der Waals surface area contributed by atoms with Crippen LogP contribution in [-0.4, -0.2) is 0 Å². The van der Waals surface area contributed by atoms with Gasteiger partial charge in [-0.25, -0.2) is 0 Å². The molecule has 15 heavy (non-hydrogen) atoms. The monoisotopic (exact) mass is 204 g/mol. The van der Waals surface area contributed by atoms with Gasteiger partial charge >= 0.3 is 0 Å². The highest BCUT2D eigenvalue weighted by atomic mass is 14.5. The smallest absolute Gasteiger partial charge is 0.00595 e. The Balaban J connectivity index is 2.21. The molecular formula is C15H24. The standard InChI is InChI=1S/C15H24/c1-11(2)14-8-7-13(4)15(10-14)9-5-6-12(15)3/h12,14H,1,4-10H2,2-3H3/t12-,14-,15+/m1/s1. The van der Waals surface area contributed by atoms with Crippen molar-refractivity contribution in [3.63, 3.8) is 0 Å². The van der Waals surface area contributed by atoms with Crippen LogP contribution in [-0.2, 0) is 0 Å². The summed E-state index contributed by atoms with van der Waals surface area (Å²) in [5.74, 6) is 1.61. The molecule has 2 saturated carbocycles. The minimum absolute atomic E-state index is 0.488. The molecule has 0 nitrogen and oxygen atoms in total. The summed E-state index contributed by atoms with van der Waals surface area (Å²) in [7, 11) is 0. The maximum atomic E-state index is 4.36. The lowest BCUT2D eigenvalue weighted by molar-refractivity contribution is 0.179. The average molecular weight is 204 g/mol. The van der Waals surface area contributed by atoms with E-state index in [9.17, 15) is 0 Å². The summed E-state index contributed by atoms with van der Waals surface area (Å²) in [5.41, 5.74) is 3.42. The molecule has 0 aliphatic heterocycles. The van der Waals surface area contributed by atoms with E-state index < -0.39 is 0 Å². The molecule has 0 aromatic carbocycles. The molecule has 0 unspecified atom stereocenters. The fraction of sp³-hybridized carbons (Fsp3) is 0.733. The van der Waals surface area contributed by atoms with Crippen LogP contribution in [0.4, 0.5) is 0 Å². The first-order chi connectivity index (χ1) is 7.06. The van der Waals surface area contributed by atoms with Crippen LogP contribution in [0.5, 0.6) is 0 Å². The van der Waals surface area contributed by atoms with Gasteiger partial charge in [0.15, 0.2) is 0 Å². The van der Waals surface area contributed by atoms with E-state index in [1.165, 1.54) is 44.1 Å². The Kier molecular flexibility index (Phi) is 2.79. The van der Waals surface area contributed by atoms with E-state index in [-0.39, 0.29) is 0 Å². The van der Waals surface area contributed by atoms with E-state index in [2.05, 4.69) is 27.0 Å². The molecule has 0 saturated heterocycles. The van der Waals surface area contributed by atoms with Crippen LogP contribution < -0.4 is 0 Å². The third-order valence-corrected chi connectivity index (χ3v) is 5.01. The first kappa shape index (κ1) is 11.0. The normalized spacial score (nSPS) is 41.1. The summed E-state index contributed by atoms with van der Waals surface area (Å²) in [5, 5.41) is 0. The molecule has 3 atom stereocenters. The molecule has 0 radical (unpaired) electrons. The summed E-state index contributed by atoms with van der Waals surface area (Å²) >= 11 is 0. The van der Waals surface area contributed by atoms with Gasteiger partial charge < -0.3 is 0 Å². The molecule has 0 N–H and O–H groups in total. The van der Waals surface area contributed by atoms with Crippen molar-refractivity contribution < 1.29 is 0 Å². The van der Waals surface area contributed by atoms with Crippen molar-refractivity contribution in [1.82, 2.24) is 0 Å². The van der Waals surface area contributed by atoms with Crippen molar-refractivity contribution >= 4 is 0 Å². The fourth-order valence-corrected chi connectivity index (χ4v) is 3.78. The Morgan fingerprint density at radius 3 is 2.67 bits per heavy atom. The zero-order chi connectivity index (χ0) is 11.1. The van der Waals surface area contributed by atoms with Gasteiger partial charge in [-0.15, -0.1) is 0 Å². The van der Waals surface area contributed by atoms with Gasteiger partial charge in [-0.1, -0.05) is 37.6 Å². The lowest BCUT2D eigenvalue weighted by atomic mass is 9.61. The molecule has 0 amide bonds. The molecule has 1 spiro atoms. The number of allylic oxidation sites excluding steroid dienone is 2. The van der Waals surface area contributed by atoms with Crippen LogP contribution >= 0.6 is 0 Å². The van der Waals surface area contributed by atoms with Gasteiger partial charge in [0.05, 0.1) is 0 Å². The molecule has 2 aliphatic rings. The first-order valence-corrected chi connectivity index (χ1v) is 6.40. The minimum atomic E-state index is 0.488. The van der Waals surface area contributed by atoms with Crippen molar-refractivity contribution in [2.75, 3.05) is 0 Å². The predicted molar refractivity (Wildman–Crippen MR) is 66.7 cm³/mol. The van der Waals surface area contributed by atoms with Gasteiger partial charge in [0.2, 0.25) is 0 Å². The summed E-state index contributed by atoms with van der Waals surface area (Å²) in [6, 6.07) is 0. The number of hydrogen-bond acceptors (Lipinski definition) is 0. The van der Waals surface area contributed by atoms with E-state index >= 15 is 0 Å². The Morgan fingerprint density at radius 1 is 1.40 bits per heavy atom. The van der Waals surface area contributed by atoms with Gasteiger partial charge in [-0.3, -0.25) is 0 Å². The van der Waals surface area contributed by atoms with E-state index in [4.69, 9.17) is 0 Å². The van der Waals surface area contributed by atoms with Crippen LogP contribution in [0.25, 0.3) is 0 Å². The van der Waals surface area contributed by atoms with Gasteiger partial charge in [0.25, 0.3) is 0 Å². The second-order valence-corrected chi connectivity index (χ2v) is 5.84. The summed E-state index contributed by atoms with van der Waals surface area (Å²) in [4.78, 5) is 0. The van der Waals surface area contributed by atoms with Crippen molar-refractivity contribution in [3.8, 4) is 0 Å². The largest absolute Gasteiger partial charge is 0.0999 e. The van der Waals surface area contributed by atoms with Crippen LogP contribution in [0.2, 0.25) is 0 Å². The van der Waals surface area contributed by atoms with Gasteiger partial charge in [0.1, 0.15) is 0 Å². The van der Waals surface area contributed by atoms with Crippen molar-refractivity contribution in [3.05, 3.63) is 24.3 Å². The Labute approximate surface area is 94.5 Å². The SMILES string of the molecule is C=C(C)[C@@H]1CCC(=C)[C@@]2(CCC[C@H]2C)C1. The highest BCUT2D eigenvalue weighted by Gasteiger charge is 2.45. The average Bonchev–Trinajstić information content (AvgIpc) is 2.54. The molecule has 0 aromatic heterocycles. The fourth-order valence-electron chi connectivity index (χ4n) is 3.78. The van der Waals surface area contributed by atoms with Gasteiger partial charge in [0, 0.05) is 0 Å². The maximum Gasteiger partial charge on any atom is -0.00595 e. The molecule has 2 aliphatic carbocycles. The molecule has 0 heterocycles. The summed E-state index contributed by atoms with van der Waals surface area (Å²) in [6.45, 7) is 13.1. The molecule has 0 aromatic rings. The zero-order valence-electron chi connectivity index (χ0n) is 10.3. The zero-order valence-corrected chi connectivity index (χ0v) is 10.3. The maximum absolute atomic E-state index is 4.36. The van der Waals surface area contributed by atoms with E-state index in [1.807, 2.05) is 0 Å². The van der Waals surface area contributed by atoms with E-state index in [0.29, 0.717) is 5.41 Å². The highest BCUT2D eigenvalue weighted by molar-refractivity contribution is 5.20.